The van der Waals surface area contributed by atoms with Crippen molar-refractivity contribution in [2.45, 2.75) is 47.5 Å². The predicted molar refractivity (Wildman–Crippen MR) is 77.7 cm³/mol. The van der Waals surface area contributed by atoms with Crippen LogP contribution in [0, 0.1) is 18.8 Å². The molecule has 1 unspecified atom stereocenters. The van der Waals surface area contributed by atoms with Crippen LogP contribution < -0.4 is 5.32 Å². The number of benzene rings is 1. The van der Waals surface area contributed by atoms with E-state index in [1.165, 1.54) is 23.2 Å². The minimum Gasteiger partial charge on any atom is -0.384 e. The molecule has 0 saturated carbocycles. The normalized spacial score (nSPS) is 12.8. The Kier molecular flexibility index (Phi) is 5.54. The van der Waals surface area contributed by atoms with Crippen molar-refractivity contribution >= 4 is 5.69 Å². The zero-order valence-electron chi connectivity index (χ0n) is 12.0. The summed E-state index contributed by atoms with van der Waals surface area (Å²) in [4.78, 5) is 0. The van der Waals surface area contributed by atoms with Gasteiger partial charge in [-0.3, -0.25) is 0 Å². The average molecular weight is 233 g/mol. The molecule has 1 aromatic rings. The fourth-order valence-corrected chi connectivity index (χ4v) is 2.44. The minimum absolute atomic E-state index is 0.735. The number of aryl methyl sites for hydroxylation is 2. The molecule has 0 aliphatic carbocycles. The summed E-state index contributed by atoms with van der Waals surface area (Å²) >= 11 is 0. The van der Waals surface area contributed by atoms with Crippen molar-refractivity contribution in [2.75, 3.05) is 11.9 Å². The summed E-state index contributed by atoms with van der Waals surface area (Å²) in [5.41, 5.74) is 4.15. The second-order valence-electron chi connectivity index (χ2n) is 5.58. The van der Waals surface area contributed by atoms with Crippen LogP contribution in [0.15, 0.2) is 18.2 Å². The molecule has 1 aromatic carbocycles. The number of rotatable bonds is 6. The first-order valence-electron chi connectivity index (χ1n) is 6.87. The molecule has 1 nitrogen and oxygen atoms in total. The van der Waals surface area contributed by atoms with Gasteiger partial charge >= 0.3 is 0 Å². The number of hydrogen-bond donors (Lipinski definition) is 1. The third-order valence-corrected chi connectivity index (χ3v) is 3.24. The molecule has 0 saturated heterocycles. The predicted octanol–water partition coefficient (Wildman–Crippen LogP) is 4.65. The molecule has 0 aromatic heterocycles. The lowest BCUT2D eigenvalue weighted by atomic mass is 9.98. The van der Waals surface area contributed by atoms with Gasteiger partial charge in [0.05, 0.1) is 0 Å². The average Bonchev–Trinajstić information content (AvgIpc) is 2.26. The van der Waals surface area contributed by atoms with Crippen LogP contribution in [0.2, 0.25) is 0 Å². The van der Waals surface area contributed by atoms with Crippen LogP contribution >= 0.6 is 0 Å². The summed E-state index contributed by atoms with van der Waals surface area (Å²) in [5, 5.41) is 3.64. The Morgan fingerprint density at radius 2 is 1.88 bits per heavy atom. The molecular weight excluding hydrogens is 206 g/mol. The van der Waals surface area contributed by atoms with Crippen molar-refractivity contribution < 1.29 is 0 Å². The molecule has 1 N–H and O–H groups in total. The summed E-state index contributed by atoms with van der Waals surface area (Å²) in [6, 6.07) is 6.56. The number of para-hydroxylation sites is 1. The SMILES string of the molecule is CCc1cccc(C)c1NCC(C)CC(C)C. The van der Waals surface area contributed by atoms with Crippen LogP contribution in [0.3, 0.4) is 0 Å². The highest BCUT2D eigenvalue weighted by Crippen LogP contribution is 2.22. The Morgan fingerprint density at radius 3 is 2.47 bits per heavy atom. The molecule has 1 heteroatoms. The summed E-state index contributed by atoms with van der Waals surface area (Å²) in [6.45, 7) is 12.4. The van der Waals surface area contributed by atoms with Gasteiger partial charge in [-0.25, -0.2) is 0 Å². The van der Waals surface area contributed by atoms with Crippen molar-refractivity contribution in [1.82, 2.24) is 0 Å². The minimum atomic E-state index is 0.735. The Labute approximate surface area is 107 Å². The molecule has 0 amide bonds. The van der Waals surface area contributed by atoms with Crippen LogP contribution in [0.5, 0.6) is 0 Å². The number of nitrogens with one attached hydrogen (secondary N) is 1. The standard InChI is InChI=1S/C16H27N/c1-6-15-9-7-8-14(5)16(15)17-11-13(4)10-12(2)3/h7-9,12-13,17H,6,10-11H2,1-5H3. The zero-order chi connectivity index (χ0) is 12.8. The van der Waals surface area contributed by atoms with Crippen LogP contribution in [-0.2, 0) is 6.42 Å². The zero-order valence-corrected chi connectivity index (χ0v) is 12.0. The highest BCUT2D eigenvalue weighted by atomic mass is 14.9. The van der Waals surface area contributed by atoms with Gasteiger partial charge < -0.3 is 5.32 Å². The van der Waals surface area contributed by atoms with E-state index < -0.39 is 0 Å². The van der Waals surface area contributed by atoms with Crippen LogP contribution in [0.25, 0.3) is 0 Å². The Morgan fingerprint density at radius 1 is 1.18 bits per heavy atom. The molecule has 0 bridgehead atoms. The maximum atomic E-state index is 3.64. The van der Waals surface area contributed by atoms with E-state index in [1.807, 2.05) is 0 Å². The Balaban J connectivity index is 2.62. The monoisotopic (exact) mass is 233 g/mol. The Hall–Kier alpha value is -0.980. The quantitative estimate of drug-likeness (QED) is 0.754. The van der Waals surface area contributed by atoms with E-state index in [0.717, 1.165) is 24.8 Å². The fourth-order valence-electron chi connectivity index (χ4n) is 2.44. The number of hydrogen-bond acceptors (Lipinski definition) is 1. The van der Waals surface area contributed by atoms with E-state index in [4.69, 9.17) is 0 Å². The second kappa shape index (κ2) is 6.68. The largest absolute Gasteiger partial charge is 0.384 e. The van der Waals surface area contributed by atoms with Crippen molar-refractivity contribution in [1.29, 1.82) is 0 Å². The first-order chi connectivity index (χ1) is 8.04. The lowest BCUT2D eigenvalue weighted by Gasteiger charge is -2.18. The maximum Gasteiger partial charge on any atom is 0.0402 e. The summed E-state index contributed by atoms with van der Waals surface area (Å²) in [6.07, 6.45) is 2.39. The Bertz CT molecular complexity index is 341. The van der Waals surface area contributed by atoms with Gasteiger partial charge in [-0.1, -0.05) is 45.9 Å². The first-order valence-corrected chi connectivity index (χ1v) is 6.87. The van der Waals surface area contributed by atoms with E-state index in [9.17, 15) is 0 Å². The highest BCUT2D eigenvalue weighted by molar-refractivity contribution is 5.57. The first kappa shape index (κ1) is 14.1. The van der Waals surface area contributed by atoms with E-state index in [2.05, 4.69) is 58.1 Å². The summed E-state index contributed by atoms with van der Waals surface area (Å²) < 4.78 is 0. The van der Waals surface area contributed by atoms with E-state index in [-0.39, 0.29) is 0 Å². The molecule has 1 atom stereocenters. The van der Waals surface area contributed by atoms with Gasteiger partial charge in [0.1, 0.15) is 0 Å². The molecule has 0 aliphatic rings. The van der Waals surface area contributed by atoms with Crippen molar-refractivity contribution in [3.63, 3.8) is 0 Å². The third-order valence-electron chi connectivity index (χ3n) is 3.24. The lowest BCUT2D eigenvalue weighted by Crippen LogP contribution is -2.15. The molecule has 1 rings (SSSR count). The van der Waals surface area contributed by atoms with Gasteiger partial charge in [0, 0.05) is 12.2 Å². The van der Waals surface area contributed by atoms with E-state index >= 15 is 0 Å². The summed E-state index contributed by atoms with van der Waals surface area (Å²) in [5.74, 6) is 1.52. The van der Waals surface area contributed by atoms with Crippen molar-refractivity contribution in [2.24, 2.45) is 11.8 Å². The smallest absolute Gasteiger partial charge is 0.0402 e. The molecule has 0 fully saturated rings. The van der Waals surface area contributed by atoms with Gasteiger partial charge in [0.15, 0.2) is 0 Å². The van der Waals surface area contributed by atoms with Gasteiger partial charge in [0.25, 0.3) is 0 Å². The maximum absolute atomic E-state index is 3.64. The van der Waals surface area contributed by atoms with E-state index in [0.29, 0.717) is 0 Å². The lowest BCUT2D eigenvalue weighted by molar-refractivity contribution is 0.455. The number of anilines is 1. The molecule has 0 aliphatic heterocycles. The molecular formula is C16H27N. The molecule has 17 heavy (non-hydrogen) atoms. The van der Waals surface area contributed by atoms with Gasteiger partial charge in [0.2, 0.25) is 0 Å². The van der Waals surface area contributed by atoms with E-state index in [1.54, 1.807) is 0 Å². The van der Waals surface area contributed by atoms with Gasteiger partial charge in [-0.05, 0) is 42.7 Å². The van der Waals surface area contributed by atoms with Crippen LogP contribution in [0.4, 0.5) is 5.69 Å². The second-order valence-corrected chi connectivity index (χ2v) is 5.58. The third kappa shape index (κ3) is 4.41. The molecule has 96 valence electrons. The highest BCUT2D eigenvalue weighted by Gasteiger charge is 2.07. The van der Waals surface area contributed by atoms with Crippen molar-refractivity contribution in [3.8, 4) is 0 Å². The molecule has 0 heterocycles. The van der Waals surface area contributed by atoms with Gasteiger partial charge in [-0.2, -0.15) is 0 Å². The molecule has 0 spiro atoms. The molecule has 0 radical (unpaired) electrons. The van der Waals surface area contributed by atoms with Gasteiger partial charge in [-0.15, -0.1) is 0 Å². The van der Waals surface area contributed by atoms with Crippen molar-refractivity contribution in [3.05, 3.63) is 29.3 Å². The fraction of sp³-hybridized carbons (Fsp3) is 0.625. The summed E-state index contributed by atoms with van der Waals surface area (Å²) in [7, 11) is 0. The topological polar surface area (TPSA) is 12.0 Å². The van der Waals surface area contributed by atoms with Crippen LogP contribution in [0.1, 0.15) is 45.2 Å². The van der Waals surface area contributed by atoms with Crippen LogP contribution in [-0.4, -0.2) is 6.54 Å².